The Balaban J connectivity index is 1.68. The van der Waals surface area contributed by atoms with Crippen molar-refractivity contribution in [2.45, 2.75) is 25.9 Å². The van der Waals surface area contributed by atoms with E-state index < -0.39 is 11.7 Å². The molecule has 1 saturated heterocycles. The lowest BCUT2D eigenvalue weighted by Crippen LogP contribution is -2.37. The zero-order chi connectivity index (χ0) is 21.0. The quantitative estimate of drug-likeness (QED) is 0.299. The topological polar surface area (TPSA) is 54.9 Å². The predicted octanol–water partition coefficient (Wildman–Crippen LogP) is 3.06. The molecule has 0 radical (unpaired) electrons. The van der Waals surface area contributed by atoms with Crippen molar-refractivity contribution in [1.82, 2.24) is 10.6 Å². The van der Waals surface area contributed by atoms with E-state index in [2.05, 4.69) is 27.5 Å². The molecule has 1 aliphatic heterocycles. The van der Waals surface area contributed by atoms with Gasteiger partial charge in [0.1, 0.15) is 0 Å². The van der Waals surface area contributed by atoms with Crippen molar-refractivity contribution in [1.29, 1.82) is 0 Å². The largest absolute Gasteiger partial charge is 0.416 e. The van der Waals surface area contributed by atoms with Crippen LogP contribution >= 0.6 is 0 Å². The second-order valence-corrected chi connectivity index (χ2v) is 6.65. The lowest BCUT2D eigenvalue weighted by atomic mass is 10.1. The normalized spacial score (nSPS) is 17.0. The van der Waals surface area contributed by atoms with Gasteiger partial charge in [-0.2, -0.15) is 13.2 Å². The van der Waals surface area contributed by atoms with Gasteiger partial charge in [0.15, 0.2) is 5.96 Å². The van der Waals surface area contributed by atoms with Crippen molar-refractivity contribution in [3.63, 3.8) is 0 Å². The molecule has 1 aliphatic rings. The average molecular weight is 411 g/mol. The fourth-order valence-corrected chi connectivity index (χ4v) is 2.68. The third kappa shape index (κ3) is 9.20. The van der Waals surface area contributed by atoms with E-state index in [1.165, 1.54) is 12.1 Å². The van der Waals surface area contributed by atoms with Crippen LogP contribution in [0.1, 0.15) is 30.9 Å². The first kappa shape index (κ1) is 23.0. The van der Waals surface area contributed by atoms with E-state index in [-0.39, 0.29) is 0 Å². The van der Waals surface area contributed by atoms with E-state index in [0.29, 0.717) is 37.1 Å². The molecule has 5 nitrogen and oxygen atoms in total. The van der Waals surface area contributed by atoms with Crippen LogP contribution in [-0.4, -0.2) is 52.0 Å². The Morgan fingerprint density at radius 3 is 2.72 bits per heavy atom. The summed E-state index contributed by atoms with van der Waals surface area (Å²) >= 11 is 0. The highest BCUT2D eigenvalue weighted by molar-refractivity contribution is 5.80. The number of alkyl halides is 3. The molecule has 0 aromatic heterocycles. The third-order valence-corrected chi connectivity index (χ3v) is 4.23. The van der Waals surface area contributed by atoms with E-state index in [0.717, 1.165) is 51.3 Å². The van der Waals surface area contributed by atoms with Crippen LogP contribution in [0.2, 0.25) is 0 Å². The summed E-state index contributed by atoms with van der Waals surface area (Å²) in [5, 5.41) is 6.22. The fraction of sp³-hybridized carbons (Fsp3) is 0.571. The Labute approximate surface area is 170 Å². The smallest absolute Gasteiger partial charge is 0.381 e. The molecular weight excluding hydrogens is 383 g/mol. The van der Waals surface area contributed by atoms with E-state index in [1.807, 2.05) is 6.92 Å². The minimum absolute atomic E-state index is 0.338. The predicted molar refractivity (Wildman–Crippen MR) is 107 cm³/mol. The number of benzene rings is 1. The number of halogens is 3. The zero-order valence-corrected chi connectivity index (χ0v) is 16.6. The van der Waals surface area contributed by atoms with Crippen LogP contribution in [-0.2, 0) is 15.7 Å². The summed E-state index contributed by atoms with van der Waals surface area (Å²) in [7, 11) is 0. The van der Waals surface area contributed by atoms with Gasteiger partial charge in [-0.25, -0.2) is 0 Å². The summed E-state index contributed by atoms with van der Waals surface area (Å²) < 4.78 is 48.6. The summed E-state index contributed by atoms with van der Waals surface area (Å²) in [4.78, 5) is 4.46. The van der Waals surface area contributed by atoms with Crippen molar-refractivity contribution in [3.8, 4) is 11.8 Å². The lowest BCUT2D eigenvalue weighted by Gasteiger charge is -2.10. The van der Waals surface area contributed by atoms with Crippen LogP contribution in [0.4, 0.5) is 13.2 Å². The number of hydrogen-bond acceptors (Lipinski definition) is 3. The Hall–Kier alpha value is -2.24. The molecule has 0 amide bonds. The van der Waals surface area contributed by atoms with E-state index >= 15 is 0 Å². The minimum Gasteiger partial charge on any atom is -0.381 e. The van der Waals surface area contributed by atoms with Gasteiger partial charge >= 0.3 is 6.18 Å². The van der Waals surface area contributed by atoms with Gasteiger partial charge in [-0.15, -0.1) is 0 Å². The van der Waals surface area contributed by atoms with Gasteiger partial charge in [-0.3, -0.25) is 4.99 Å². The lowest BCUT2D eigenvalue weighted by molar-refractivity contribution is -0.137. The maximum absolute atomic E-state index is 12.5. The number of aliphatic imine (C=N–C) groups is 1. The molecule has 2 N–H and O–H groups in total. The van der Waals surface area contributed by atoms with Crippen LogP contribution in [0.25, 0.3) is 0 Å². The number of ether oxygens (including phenoxy) is 2. The van der Waals surface area contributed by atoms with Gasteiger partial charge in [-0.1, -0.05) is 11.8 Å². The summed E-state index contributed by atoms with van der Waals surface area (Å²) in [5.74, 6) is 6.90. The molecule has 0 saturated carbocycles. The molecule has 2 rings (SSSR count). The number of hydrogen-bond donors (Lipinski definition) is 2. The van der Waals surface area contributed by atoms with E-state index in [9.17, 15) is 13.2 Å². The van der Waals surface area contributed by atoms with Crippen molar-refractivity contribution >= 4 is 5.96 Å². The Bertz CT molecular complexity index is 688. The summed E-state index contributed by atoms with van der Waals surface area (Å²) in [5.41, 5.74) is -0.144. The molecule has 1 aromatic carbocycles. The highest BCUT2D eigenvalue weighted by Crippen LogP contribution is 2.28. The first-order chi connectivity index (χ1) is 14.0. The van der Waals surface area contributed by atoms with Gasteiger partial charge in [-0.05, 0) is 44.0 Å². The van der Waals surface area contributed by atoms with Crippen LogP contribution in [0, 0.1) is 17.8 Å². The van der Waals surface area contributed by atoms with E-state index in [4.69, 9.17) is 9.47 Å². The SMILES string of the molecule is CCNC(=NCCCOCC1CCOC1)NCC#Cc1ccc(C(F)(F)F)cc1. The van der Waals surface area contributed by atoms with Crippen molar-refractivity contribution < 1.29 is 22.6 Å². The van der Waals surface area contributed by atoms with Gasteiger partial charge < -0.3 is 20.1 Å². The number of nitrogens with one attached hydrogen (secondary N) is 2. The molecule has 0 aliphatic carbocycles. The maximum Gasteiger partial charge on any atom is 0.416 e. The van der Waals surface area contributed by atoms with Crippen LogP contribution in [0.5, 0.6) is 0 Å². The van der Waals surface area contributed by atoms with Crippen molar-refractivity contribution in [2.24, 2.45) is 10.9 Å². The fourth-order valence-electron chi connectivity index (χ4n) is 2.68. The maximum atomic E-state index is 12.5. The zero-order valence-electron chi connectivity index (χ0n) is 16.6. The first-order valence-electron chi connectivity index (χ1n) is 9.83. The highest BCUT2D eigenvalue weighted by Gasteiger charge is 2.29. The summed E-state index contributed by atoms with van der Waals surface area (Å²) in [6.07, 6.45) is -2.44. The van der Waals surface area contributed by atoms with Crippen LogP contribution in [0.15, 0.2) is 29.3 Å². The van der Waals surface area contributed by atoms with Crippen molar-refractivity contribution in [2.75, 3.05) is 46.1 Å². The van der Waals surface area contributed by atoms with Crippen molar-refractivity contribution in [3.05, 3.63) is 35.4 Å². The molecule has 160 valence electrons. The molecule has 0 spiro atoms. The van der Waals surface area contributed by atoms with Crippen LogP contribution in [0.3, 0.4) is 0 Å². The monoisotopic (exact) mass is 411 g/mol. The highest BCUT2D eigenvalue weighted by atomic mass is 19.4. The first-order valence-corrected chi connectivity index (χ1v) is 9.83. The molecule has 1 fully saturated rings. The second kappa shape index (κ2) is 12.3. The number of rotatable bonds is 8. The van der Waals surface area contributed by atoms with Gasteiger partial charge in [0.05, 0.1) is 25.3 Å². The number of guanidine groups is 1. The number of nitrogens with zero attached hydrogens (tertiary/aromatic N) is 1. The average Bonchev–Trinajstić information content (AvgIpc) is 3.21. The molecule has 29 heavy (non-hydrogen) atoms. The van der Waals surface area contributed by atoms with Crippen LogP contribution < -0.4 is 10.6 Å². The third-order valence-electron chi connectivity index (χ3n) is 4.23. The Morgan fingerprint density at radius 1 is 1.28 bits per heavy atom. The standard InChI is InChI=1S/C21H28F3N3O2/c1-2-25-20(27-12-4-13-28-15-18-10-14-29-16-18)26-11-3-5-17-6-8-19(9-7-17)21(22,23)24/h6-9,18H,2,4,10-16H2,1H3,(H2,25,26,27). The van der Waals surface area contributed by atoms with Gasteiger partial charge in [0.2, 0.25) is 0 Å². The van der Waals surface area contributed by atoms with Gasteiger partial charge in [0, 0.05) is 37.8 Å². The molecule has 1 aromatic rings. The minimum atomic E-state index is -4.33. The summed E-state index contributed by atoms with van der Waals surface area (Å²) in [6, 6.07) is 4.80. The Morgan fingerprint density at radius 2 is 2.07 bits per heavy atom. The van der Waals surface area contributed by atoms with Gasteiger partial charge in [0.25, 0.3) is 0 Å². The molecule has 1 heterocycles. The van der Waals surface area contributed by atoms with E-state index in [1.54, 1.807) is 0 Å². The summed E-state index contributed by atoms with van der Waals surface area (Å²) in [6.45, 7) is 6.68. The molecule has 1 atom stereocenters. The molecular formula is C21H28F3N3O2. The Kier molecular flexibility index (Phi) is 9.81. The molecule has 1 unspecified atom stereocenters. The second-order valence-electron chi connectivity index (χ2n) is 6.65. The molecule has 0 bridgehead atoms. The molecule has 8 heteroatoms.